The number of hydrogen-bond donors (Lipinski definition) is 2. The van der Waals surface area contributed by atoms with Gasteiger partial charge in [0.05, 0.1) is 12.2 Å². The van der Waals surface area contributed by atoms with Crippen molar-refractivity contribution in [1.82, 2.24) is 5.32 Å². The van der Waals surface area contributed by atoms with Crippen molar-refractivity contribution < 1.29 is 9.84 Å². The number of aliphatic hydroxyl groups is 1. The average molecular weight is 185 g/mol. The summed E-state index contributed by atoms with van der Waals surface area (Å²) < 4.78 is 5.43. The molecule has 3 atom stereocenters. The molecule has 2 aliphatic rings. The van der Waals surface area contributed by atoms with Gasteiger partial charge in [0, 0.05) is 18.6 Å². The Labute approximate surface area is 79.5 Å². The van der Waals surface area contributed by atoms with Crippen LogP contribution in [0.1, 0.15) is 26.2 Å². The summed E-state index contributed by atoms with van der Waals surface area (Å²) in [5, 5.41) is 13.6. The number of hydrogen-bond acceptors (Lipinski definition) is 3. The molecule has 2 rings (SSSR count). The Bertz CT molecular complexity index is 176. The van der Waals surface area contributed by atoms with Gasteiger partial charge in [0.2, 0.25) is 0 Å². The number of ether oxygens (including phenoxy) is 1. The molecule has 2 fully saturated rings. The molecule has 3 nitrogen and oxygen atoms in total. The van der Waals surface area contributed by atoms with Crippen molar-refractivity contribution in [3.05, 3.63) is 0 Å². The van der Waals surface area contributed by atoms with Crippen molar-refractivity contribution >= 4 is 0 Å². The van der Waals surface area contributed by atoms with Crippen LogP contribution in [-0.4, -0.2) is 36.5 Å². The Morgan fingerprint density at radius 2 is 2.38 bits per heavy atom. The lowest BCUT2D eigenvalue weighted by Gasteiger charge is -2.40. The molecule has 2 heterocycles. The van der Waals surface area contributed by atoms with Gasteiger partial charge in [-0.15, -0.1) is 0 Å². The molecule has 0 aromatic rings. The Hall–Kier alpha value is -0.120. The van der Waals surface area contributed by atoms with E-state index in [2.05, 4.69) is 5.32 Å². The van der Waals surface area contributed by atoms with Crippen LogP contribution in [0.15, 0.2) is 0 Å². The van der Waals surface area contributed by atoms with Crippen LogP contribution in [0.3, 0.4) is 0 Å². The molecule has 0 saturated carbocycles. The third kappa shape index (κ3) is 1.87. The summed E-state index contributed by atoms with van der Waals surface area (Å²) in [4.78, 5) is 0. The SMILES string of the molecule is C[C@]1(O)CCOC[C@@H]1[C@@H]1CCCN1. The van der Waals surface area contributed by atoms with E-state index in [0.717, 1.165) is 13.0 Å². The van der Waals surface area contributed by atoms with E-state index in [0.29, 0.717) is 19.3 Å². The highest BCUT2D eigenvalue weighted by atomic mass is 16.5. The lowest BCUT2D eigenvalue weighted by Crippen LogP contribution is -2.51. The summed E-state index contributed by atoms with van der Waals surface area (Å²) in [5.74, 6) is 0.281. The van der Waals surface area contributed by atoms with Crippen molar-refractivity contribution in [1.29, 1.82) is 0 Å². The second kappa shape index (κ2) is 3.56. The monoisotopic (exact) mass is 185 g/mol. The van der Waals surface area contributed by atoms with Crippen LogP contribution in [0.4, 0.5) is 0 Å². The molecular formula is C10H19NO2. The maximum Gasteiger partial charge on any atom is 0.0706 e. The van der Waals surface area contributed by atoms with E-state index in [9.17, 15) is 5.11 Å². The minimum Gasteiger partial charge on any atom is -0.390 e. The average Bonchev–Trinajstić information content (AvgIpc) is 2.55. The van der Waals surface area contributed by atoms with E-state index in [-0.39, 0.29) is 5.92 Å². The second-order valence-corrected chi connectivity index (χ2v) is 4.49. The van der Waals surface area contributed by atoms with E-state index in [1.165, 1.54) is 12.8 Å². The van der Waals surface area contributed by atoms with Gasteiger partial charge in [0.1, 0.15) is 0 Å². The summed E-state index contributed by atoms with van der Waals surface area (Å²) in [6, 6.07) is 0.468. The van der Waals surface area contributed by atoms with Gasteiger partial charge in [-0.1, -0.05) is 0 Å². The van der Waals surface area contributed by atoms with Crippen molar-refractivity contribution in [2.75, 3.05) is 19.8 Å². The third-order valence-electron chi connectivity index (χ3n) is 3.43. The van der Waals surface area contributed by atoms with Gasteiger partial charge >= 0.3 is 0 Å². The first kappa shape index (κ1) is 9.44. The predicted octanol–water partition coefficient (Wildman–Crippen LogP) is 0.526. The molecule has 0 aromatic heterocycles. The van der Waals surface area contributed by atoms with E-state index in [4.69, 9.17) is 4.74 Å². The van der Waals surface area contributed by atoms with Gasteiger partial charge in [0.15, 0.2) is 0 Å². The summed E-state index contributed by atoms with van der Waals surface area (Å²) in [5.41, 5.74) is -0.528. The largest absolute Gasteiger partial charge is 0.390 e. The van der Waals surface area contributed by atoms with Crippen LogP contribution in [0.2, 0.25) is 0 Å². The molecule has 2 aliphatic heterocycles. The highest BCUT2D eigenvalue weighted by Crippen LogP contribution is 2.31. The first-order valence-corrected chi connectivity index (χ1v) is 5.24. The Balaban J connectivity index is 2.02. The Morgan fingerprint density at radius 3 is 3.00 bits per heavy atom. The zero-order valence-corrected chi connectivity index (χ0v) is 8.25. The van der Waals surface area contributed by atoms with Gasteiger partial charge in [-0.3, -0.25) is 0 Å². The molecular weight excluding hydrogens is 166 g/mol. The molecule has 13 heavy (non-hydrogen) atoms. The van der Waals surface area contributed by atoms with Crippen molar-refractivity contribution in [3.63, 3.8) is 0 Å². The standard InChI is InChI=1S/C10H19NO2/c1-10(12)4-6-13-7-8(10)9-3-2-5-11-9/h8-9,11-12H,2-7H2,1H3/t8-,9+,10+/m1/s1. The lowest BCUT2D eigenvalue weighted by atomic mass is 9.80. The van der Waals surface area contributed by atoms with Gasteiger partial charge < -0.3 is 15.2 Å². The normalized spacial score (nSPS) is 46.6. The Morgan fingerprint density at radius 1 is 1.54 bits per heavy atom. The van der Waals surface area contributed by atoms with Crippen molar-refractivity contribution in [2.45, 2.75) is 37.8 Å². The molecule has 0 amide bonds. The first-order chi connectivity index (χ1) is 6.20. The van der Waals surface area contributed by atoms with Gasteiger partial charge in [-0.25, -0.2) is 0 Å². The van der Waals surface area contributed by atoms with Crippen LogP contribution in [0.25, 0.3) is 0 Å². The summed E-state index contributed by atoms with van der Waals surface area (Å²) in [6.45, 7) is 4.46. The summed E-state index contributed by atoms with van der Waals surface area (Å²) in [7, 11) is 0. The minimum absolute atomic E-state index is 0.281. The molecule has 0 aromatic carbocycles. The molecule has 76 valence electrons. The minimum atomic E-state index is -0.528. The van der Waals surface area contributed by atoms with Crippen LogP contribution < -0.4 is 5.32 Å². The highest BCUT2D eigenvalue weighted by molar-refractivity contribution is 4.94. The van der Waals surface area contributed by atoms with Gasteiger partial charge in [-0.05, 0) is 32.7 Å². The Kier molecular flexibility index (Phi) is 2.58. The maximum absolute atomic E-state index is 10.2. The van der Waals surface area contributed by atoms with Crippen molar-refractivity contribution in [3.8, 4) is 0 Å². The van der Waals surface area contributed by atoms with E-state index >= 15 is 0 Å². The fourth-order valence-corrected chi connectivity index (χ4v) is 2.46. The molecule has 2 saturated heterocycles. The van der Waals surface area contributed by atoms with Crippen LogP contribution >= 0.6 is 0 Å². The molecule has 0 radical (unpaired) electrons. The van der Waals surface area contributed by atoms with E-state index < -0.39 is 5.60 Å². The highest BCUT2D eigenvalue weighted by Gasteiger charge is 2.40. The second-order valence-electron chi connectivity index (χ2n) is 4.49. The zero-order chi connectivity index (χ0) is 9.31. The molecule has 0 aliphatic carbocycles. The topological polar surface area (TPSA) is 41.5 Å². The molecule has 3 heteroatoms. The molecule has 0 unspecified atom stereocenters. The lowest BCUT2D eigenvalue weighted by molar-refractivity contribution is -0.110. The smallest absolute Gasteiger partial charge is 0.0706 e. The fourth-order valence-electron chi connectivity index (χ4n) is 2.46. The zero-order valence-electron chi connectivity index (χ0n) is 8.25. The molecule has 0 bridgehead atoms. The maximum atomic E-state index is 10.2. The fraction of sp³-hybridized carbons (Fsp3) is 1.00. The predicted molar refractivity (Wildman–Crippen MR) is 50.6 cm³/mol. The number of rotatable bonds is 1. The van der Waals surface area contributed by atoms with Gasteiger partial charge in [-0.2, -0.15) is 0 Å². The molecule has 0 spiro atoms. The quantitative estimate of drug-likeness (QED) is 0.626. The first-order valence-electron chi connectivity index (χ1n) is 5.24. The summed E-state index contributed by atoms with van der Waals surface area (Å²) >= 11 is 0. The van der Waals surface area contributed by atoms with E-state index in [1.807, 2.05) is 6.92 Å². The van der Waals surface area contributed by atoms with Gasteiger partial charge in [0.25, 0.3) is 0 Å². The van der Waals surface area contributed by atoms with Crippen LogP contribution in [0.5, 0.6) is 0 Å². The molecule has 2 N–H and O–H groups in total. The van der Waals surface area contributed by atoms with Crippen LogP contribution in [0, 0.1) is 5.92 Å². The third-order valence-corrected chi connectivity index (χ3v) is 3.43. The van der Waals surface area contributed by atoms with Crippen LogP contribution in [-0.2, 0) is 4.74 Å². The number of nitrogens with one attached hydrogen (secondary N) is 1. The van der Waals surface area contributed by atoms with Crippen molar-refractivity contribution in [2.24, 2.45) is 5.92 Å². The van der Waals surface area contributed by atoms with E-state index in [1.54, 1.807) is 0 Å². The summed E-state index contributed by atoms with van der Waals surface area (Å²) in [6.07, 6.45) is 3.19.